The largest absolute Gasteiger partial charge is 0.453 e. The van der Waals surface area contributed by atoms with Gasteiger partial charge < -0.3 is 45.0 Å². The Kier molecular flexibility index (Phi) is 11.9. The second kappa shape index (κ2) is 16.8. The van der Waals surface area contributed by atoms with E-state index < -0.39 is 36.4 Å². The van der Waals surface area contributed by atoms with Gasteiger partial charge in [0.05, 0.1) is 50.1 Å². The van der Waals surface area contributed by atoms with E-state index in [0.717, 1.165) is 46.5 Å². The Bertz CT molecular complexity index is 1970. The number of methoxy groups -OCH3 is 2. The lowest BCUT2D eigenvalue weighted by atomic mass is 10.0. The number of H-pyrrole nitrogens is 2. The number of aromatic nitrogens is 4. The molecule has 0 spiro atoms. The molecule has 2 unspecified atom stereocenters. The maximum atomic E-state index is 13.6. The molecule has 2 aliphatic rings. The highest BCUT2D eigenvalue weighted by Gasteiger charge is 2.42. The predicted molar refractivity (Wildman–Crippen MR) is 204 cm³/mol. The summed E-state index contributed by atoms with van der Waals surface area (Å²) in [5.74, 6) is 0.416. The van der Waals surface area contributed by atoms with Crippen molar-refractivity contribution in [3.63, 3.8) is 0 Å². The van der Waals surface area contributed by atoms with Crippen molar-refractivity contribution in [3.05, 3.63) is 72.6 Å². The van der Waals surface area contributed by atoms with Crippen LogP contribution in [-0.4, -0.2) is 104 Å². The van der Waals surface area contributed by atoms with Gasteiger partial charge in [-0.25, -0.2) is 19.6 Å². The Balaban J connectivity index is 1.12. The van der Waals surface area contributed by atoms with Gasteiger partial charge in [0.1, 0.15) is 29.8 Å². The highest BCUT2D eigenvalue weighted by atomic mass is 16.5. The molecule has 0 aliphatic carbocycles. The van der Waals surface area contributed by atoms with E-state index in [1.165, 1.54) is 14.2 Å². The number of hydrogen-bond donors (Lipinski definition) is 5. The molecule has 2 aromatic heterocycles. The van der Waals surface area contributed by atoms with Crippen LogP contribution in [0.25, 0.3) is 33.6 Å². The number of aliphatic hydroxyl groups excluding tert-OH is 1. The SMILES string of the molecule is COC(=O)NC(C(=O)N1CCCC1c1ncc(-c2ccc(-c3ccc(-c4cnc([C@@H]5[C@@H](O)CCN5C(=O)[C@@H](NC(=O)OC)C(C)C)[nH]4)cc3)cc2)[nH]1)C(C)C. The maximum absolute atomic E-state index is 13.6. The number of carbonyl (C=O) groups excluding carboxylic acids is 4. The molecule has 55 heavy (non-hydrogen) atoms. The van der Waals surface area contributed by atoms with E-state index in [1.54, 1.807) is 22.2 Å². The topological polar surface area (TPSA) is 195 Å². The third kappa shape index (κ3) is 8.36. The van der Waals surface area contributed by atoms with E-state index in [9.17, 15) is 24.3 Å². The Morgan fingerprint density at radius 2 is 1.15 bits per heavy atom. The van der Waals surface area contributed by atoms with Gasteiger partial charge in [-0.1, -0.05) is 76.2 Å². The summed E-state index contributed by atoms with van der Waals surface area (Å²) in [5.41, 5.74) is 5.47. The minimum Gasteiger partial charge on any atom is -0.453 e. The van der Waals surface area contributed by atoms with Gasteiger partial charge in [0, 0.05) is 13.1 Å². The Morgan fingerprint density at radius 3 is 1.64 bits per heavy atom. The standard InChI is InChI=1S/C40H50N8O7/c1-22(2)32(45-39(52)54-5)37(50)47-18-7-8-30(47)35-41-20-28(43-35)26-13-9-24(10-14-26)25-11-15-27(16-12-25)29-21-42-36(44-29)34-31(49)17-19-48(34)38(51)33(23(3)4)46-40(53)55-6/h9-16,20-23,30-34,49H,7-8,17-19H2,1-6H3,(H,41,43)(H,42,44)(H,45,52)(H,46,53)/t30?,31-,32?,33-,34-/m0/s1. The summed E-state index contributed by atoms with van der Waals surface area (Å²) in [4.78, 5) is 70.3. The van der Waals surface area contributed by atoms with Crippen LogP contribution in [0.4, 0.5) is 9.59 Å². The van der Waals surface area contributed by atoms with Crippen LogP contribution in [0, 0.1) is 11.8 Å². The number of carbonyl (C=O) groups is 4. The summed E-state index contributed by atoms with van der Waals surface area (Å²) in [6, 6.07) is 13.8. The zero-order valence-electron chi connectivity index (χ0n) is 32.0. The van der Waals surface area contributed by atoms with Crippen LogP contribution >= 0.6 is 0 Å². The molecule has 15 heteroatoms. The summed E-state index contributed by atoms with van der Waals surface area (Å²) in [5, 5.41) is 16.2. The molecule has 2 aliphatic heterocycles. The zero-order valence-corrected chi connectivity index (χ0v) is 32.0. The van der Waals surface area contributed by atoms with Gasteiger partial charge in [-0.2, -0.15) is 0 Å². The Morgan fingerprint density at radius 1 is 0.691 bits per heavy atom. The maximum Gasteiger partial charge on any atom is 0.407 e. The van der Waals surface area contributed by atoms with Gasteiger partial charge in [0.25, 0.3) is 0 Å². The van der Waals surface area contributed by atoms with Crippen molar-refractivity contribution in [1.29, 1.82) is 0 Å². The highest BCUT2D eigenvalue weighted by Crippen LogP contribution is 2.35. The van der Waals surface area contributed by atoms with Gasteiger partial charge in [-0.3, -0.25) is 9.59 Å². The van der Waals surface area contributed by atoms with Crippen LogP contribution in [0.5, 0.6) is 0 Å². The average molecular weight is 755 g/mol. The number of likely N-dealkylation sites (tertiary alicyclic amines) is 2. The molecule has 6 rings (SSSR count). The number of imidazole rings is 2. The van der Waals surface area contributed by atoms with Gasteiger partial charge in [0.15, 0.2) is 0 Å². The van der Waals surface area contributed by atoms with Crippen molar-refractivity contribution in [2.45, 2.75) is 77.2 Å². The number of amides is 4. The average Bonchev–Trinajstić information content (AvgIpc) is 4.02. The van der Waals surface area contributed by atoms with Crippen LogP contribution in [0.3, 0.4) is 0 Å². The molecule has 292 valence electrons. The molecular formula is C40H50N8O7. The number of benzene rings is 2. The number of aromatic amines is 2. The lowest BCUT2D eigenvalue weighted by Gasteiger charge is -2.30. The lowest BCUT2D eigenvalue weighted by molar-refractivity contribution is -0.136. The van der Waals surface area contributed by atoms with E-state index in [-0.39, 0.29) is 29.7 Å². The van der Waals surface area contributed by atoms with Crippen LogP contribution in [-0.2, 0) is 19.1 Å². The first-order valence-electron chi connectivity index (χ1n) is 18.7. The van der Waals surface area contributed by atoms with Gasteiger partial charge in [-0.15, -0.1) is 0 Å². The van der Waals surface area contributed by atoms with E-state index in [2.05, 4.69) is 30.6 Å². The van der Waals surface area contributed by atoms with Gasteiger partial charge in [0.2, 0.25) is 11.8 Å². The number of ether oxygens (including phenoxy) is 2. The summed E-state index contributed by atoms with van der Waals surface area (Å²) in [7, 11) is 2.53. The normalized spacial score (nSPS) is 19.4. The smallest absolute Gasteiger partial charge is 0.407 e. The van der Waals surface area contributed by atoms with Crippen molar-refractivity contribution in [3.8, 4) is 33.6 Å². The Labute approximate surface area is 320 Å². The first kappa shape index (κ1) is 39.0. The summed E-state index contributed by atoms with van der Waals surface area (Å²) in [6.45, 7) is 8.38. The molecule has 0 saturated carbocycles. The first-order chi connectivity index (χ1) is 26.4. The molecule has 4 aromatic rings. The molecule has 4 amide bonds. The van der Waals surface area contributed by atoms with Crippen LogP contribution in [0.15, 0.2) is 60.9 Å². The predicted octanol–water partition coefficient (Wildman–Crippen LogP) is 5.19. The van der Waals surface area contributed by atoms with E-state index >= 15 is 0 Å². The van der Waals surface area contributed by atoms with Crippen molar-refractivity contribution >= 4 is 24.0 Å². The Hall–Kier alpha value is -5.70. The summed E-state index contributed by atoms with van der Waals surface area (Å²) in [6.07, 6.45) is 3.34. The van der Waals surface area contributed by atoms with E-state index in [1.807, 2.05) is 76.2 Å². The first-order valence-corrected chi connectivity index (χ1v) is 18.7. The van der Waals surface area contributed by atoms with Crippen LogP contribution in [0.1, 0.15) is 70.7 Å². The van der Waals surface area contributed by atoms with Crippen LogP contribution < -0.4 is 10.6 Å². The molecule has 5 N–H and O–H groups in total. The van der Waals surface area contributed by atoms with Crippen molar-refractivity contribution in [1.82, 2.24) is 40.4 Å². The quantitative estimate of drug-likeness (QED) is 0.137. The number of nitrogens with zero attached hydrogens (tertiary/aromatic N) is 4. The molecule has 2 fully saturated rings. The van der Waals surface area contributed by atoms with Crippen molar-refractivity contribution in [2.24, 2.45) is 11.8 Å². The summed E-state index contributed by atoms with van der Waals surface area (Å²) < 4.78 is 9.47. The minimum absolute atomic E-state index is 0.113. The fourth-order valence-corrected chi connectivity index (χ4v) is 7.39. The van der Waals surface area contributed by atoms with Crippen molar-refractivity contribution < 1.29 is 33.8 Å². The van der Waals surface area contributed by atoms with Gasteiger partial charge >= 0.3 is 12.2 Å². The number of hydrogen-bond acceptors (Lipinski definition) is 9. The van der Waals surface area contributed by atoms with Gasteiger partial charge in [-0.05, 0) is 53.4 Å². The number of nitrogens with one attached hydrogen (secondary N) is 4. The molecule has 15 nitrogen and oxygen atoms in total. The van der Waals surface area contributed by atoms with Crippen molar-refractivity contribution in [2.75, 3.05) is 27.3 Å². The molecule has 5 atom stereocenters. The van der Waals surface area contributed by atoms with E-state index in [0.29, 0.717) is 31.2 Å². The second-order valence-electron chi connectivity index (χ2n) is 14.8. The highest BCUT2D eigenvalue weighted by molar-refractivity contribution is 5.87. The molecule has 2 saturated heterocycles. The van der Waals surface area contributed by atoms with E-state index in [4.69, 9.17) is 9.47 Å². The number of aliphatic hydroxyl groups is 1. The number of rotatable bonds is 11. The molecule has 4 heterocycles. The third-order valence-corrected chi connectivity index (χ3v) is 10.5. The fourth-order valence-electron chi connectivity index (χ4n) is 7.39. The van der Waals surface area contributed by atoms with Crippen LogP contribution in [0.2, 0.25) is 0 Å². The second-order valence-corrected chi connectivity index (χ2v) is 14.8. The zero-order chi connectivity index (χ0) is 39.4. The molecule has 0 bridgehead atoms. The molecular weight excluding hydrogens is 704 g/mol. The fraction of sp³-hybridized carbons (Fsp3) is 0.450. The molecule has 2 aromatic carbocycles. The lowest BCUT2D eigenvalue weighted by Crippen LogP contribution is -2.51. The number of alkyl carbamates (subject to hydrolysis) is 2. The summed E-state index contributed by atoms with van der Waals surface area (Å²) >= 11 is 0. The monoisotopic (exact) mass is 754 g/mol. The minimum atomic E-state index is -0.812. The molecule has 0 radical (unpaired) electrons. The third-order valence-electron chi connectivity index (χ3n) is 10.5.